The highest BCUT2D eigenvalue weighted by Gasteiger charge is 2.32. The van der Waals surface area contributed by atoms with Crippen LogP contribution in [0.2, 0.25) is 0 Å². The van der Waals surface area contributed by atoms with Crippen LogP contribution in [0.4, 0.5) is 0 Å². The van der Waals surface area contributed by atoms with Crippen molar-refractivity contribution in [2.75, 3.05) is 44.4 Å². The molecule has 0 aliphatic carbocycles. The van der Waals surface area contributed by atoms with Gasteiger partial charge in [0.15, 0.2) is 0 Å². The van der Waals surface area contributed by atoms with Gasteiger partial charge in [-0.05, 0) is 12.2 Å². The monoisotopic (exact) mass is 202 g/mol. The third-order valence-electron chi connectivity index (χ3n) is 2.78. The zero-order valence-corrected chi connectivity index (χ0v) is 8.81. The molecule has 0 aromatic rings. The van der Waals surface area contributed by atoms with Gasteiger partial charge in [-0.1, -0.05) is 0 Å². The van der Waals surface area contributed by atoms with Crippen molar-refractivity contribution in [3.05, 3.63) is 0 Å². The number of nitrogens with two attached hydrogens (primary N) is 1. The summed E-state index contributed by atoms with van der Waals surface area (Å²) < 4.78 is 5.31. The fourth-order valence-corrected chi connectivity index (χ4v) is 3.29. The Morgan fingerprint density at radius 3 is 2.77 bits per heavy atom. The number of thioether (sulfide) groups is 1. The van der Waals surface area contributed by atoms with Crippen LogP contribution in [0, 0.1) is 0 Å². The molecule has 4 heteroatoms. The van der Waals surface area contributed by atoms with Gasteiger partial charge >= 0.3 is 0 Å². The highest BCUT2D eigenvalue weighted by molar-refractivity contribution is 7.99. The second kappa shape index (κ2) is 4.17. The fraction of sp³-hybridized carbons (Fsp3) is 1.00. The van der Waals surface area contributed by atoms with Gasteiger partial charge in [-0.25, -0.2) is 0 Å². The largest absolute Gasteiger partial charge is 0.379 e. The lowest BCUT2D eigenvalue weighted by molar-refractivity contribution is 0.0295. The molecular formula is C9H18N2OS. The van der Waals surface area contributed by atoms with Crippen LogP contribution in [0.1, 0.15) is 6.42 Å². The Bertz CT molecular complexity index is 165. The molecule has 2 fully saturated rings. The first-order valence-electron chi connectivity index (χ1n) is 4.95. The molecule has 0 bridgehead atoms. The molecule has 2 saturated heterocycles. The van der Waals surface area contributed by atoms with Crippen molar-refractivity contribution in [1.82, 2.24) is 4.90 Å². The minimum absolute atomic E-state index is 0.0853. The van der Waals surface area contributed by atoms with Crippen molar-refractivity contribution in [1.29, 1.82) is 0 Å². The van der Waals surface area contributed by atoms with Crippen LogP contribution < -0.4 is 5.73 Å². The Kier molecular flexibility index (Phi) is 3.14. The molecule has 0 aromatic carbocycles. The van der Waals surface area contributed by atoms with Crippen molar-refractivity contribution in [3.63, 3.8) is 0 Å². The molecule has 2 heterocycles. The summed E-state index contributed by atoms with van der Waals surface area (Å²) in [6.07, 6.45) is 1.18. The summed E-state index contributed by atoms with van der Waals surface area (Å²) in [7, 11) is 0. The van der Waals surface area contributed by atoms with Crippen molar-refractivity contribution >= 4 is 11.8 Å². The summed E-state index contributed by atoms with van der Waals surface area (Å²) >= 11 is 1.99. The molecule has 3 nitrogen and oxygen atoms in total. The smallest absolute Gasteiger partial charge is 0.0594 e. The minimum atomic E-state index is 0.0853. The summed E-state index contributed by atoms with van der Waals surface area (Å²) in [6.45, 7) is 4.93. The average molecular weight is 202 g/mol. The van der Waals surface area contributed by atoms with Crippen molar-refractivity contribution < 1.29 is 4.74 Å². The number of morpholine rings is 1. The van der Waals surface area contributed by atoms with E-state index in [2.05, 4.69) is 4.90 Å². The van der Waals surface area contributed by atoms with Gasteiger partial charge < -0.3 is 10.5 Å². The number of hydrogen-bond acceptors (Lipinski definition) is 4. The molecule has 2 aliphatic heterocycles. The molecular weight excluding hydrogens is 184 g/mol. The summed E-state index contributed by atoms with van der Waals surface area (Å²) in [5.41, 5.74) is 6.37. The SMILES string of the molecule is NC1(CN2CCOCC2)CCSC1. The van der Waals surface area contributed by atoms with Gasteiger partial charge in [0.05, 0.1) is 13.2 Å². The molecule has 13 heavy (non-hydrogen) atoms. The quantitative estimate of drug-likeness (QED) is 0.692. The number of ether oxygens (including phenoxy) is 1. The fourth-order valence-electron chi connectivity index (χ4n) is 1.95. The van der Waals surface area contributed by atoms with Crippen molar-refractivity contribution in [2.24, 2.45) is 5.73 Å². The maximum atomic E-state index is 6.29. The van der Waals surface area contributed by atoms with Gasteiger partial charge in [0.2, 0.25) is 0 Å². The molecule has 0 saturated carbocycles. The zero-order valence-electron chi connectivity index (χ0n) is 8.00. The van der Waals surface area contributed by atoms with E-state index in [-0.39, 0.29) is 5.54 Å². The van der Waals surface area contributed by atoms with Crippen LogP contribution in [-0.2, 0) is 4.74 Å². The predicted octanol–water partition coefficient (Wildman–Crippen LogP) is 0.153. The maximum Gasteiger partial charge on any atom is 0.0594 e. The first kappa shape index (κ1) is 9.77. The van der Waals surface area contributed by atoms with Gasteiger partial charge in [0, 0.05) is 30.9 Å². The lowest BCUT2D eigenvalue weighted by Crippen LogP contribution is -2.52. The maximum absolute atomic E-state index is 6.29. The van der Waals surface area contributed by atoms with E-state index in [1.54, 1.807) is 0 Å². The Balaban J connectivity index is 1.81. The predicted molar refractivity (Wildman–Crippen MR) is 56.1 cm³/mol. The van der Waals surface area contributed by atoms with E-state index in [0.717, 1.165) is 38.6 Å². The van der Waals surface area contributed by atoms with E-state index in [9.17, 15) is 0 Å². The lowest BCUT2D eigenvalue weighted by Gasteiger charge is -2.34. The van der Waals surface area contributed by atoms with E-state index in [0.29, 0.717) is 0 Å². The molecule has 0 amide bonds. The Morgan fingerprint density at radius 2 is 2.15 bits per heavy atom. The van der Waals surface area contributed by atoms with Crippen LogP contribution in [0.25, 0.3) is 0 Å². The van der Waals surface area contributed by atoms with Crippen LogP contribution in [0.3, 0.4) is 0 Å². The third-order valence-corrected chi connectivity index (χ3v) is 4.05. The number of nitrogens with zero attached hydrogens (tertiary/aromatic N) is 1. The van der Waals surface area contributed by atoms with Crippen LogP contribution in [-0.4, -0.2) is 54.8 Å². The minimum Gasteiger partial charge on any atom is -0.379 e. The molecule has 1 unspecified atom stereocenters. The van der Waals surface area contributed by atoms with E-state index >= 15 is 0 Å². The number of hydrogen-bond donors (Lipinski definition) is 1. The summed E-state index contributed by atoms with van der Waals surface area (Å²) in [5, 5.41) is 0. The lowest BCUT2D eigenvalue weighted by atomic mass is 10.00. The van der Waals surface area contributed by atoms with Gasteiger partial charge in [-0.15, -0.1) is 0 Å². The molecule has 76 valence electrons. The highest BCUT2D eigenvalue weighted by atomic mass is 32.2. The first-order chi connectivity index (χ1) is 6.29. The molecule has 0 spiro atoms. The number of rotatable bonds is 2. The van der Waals surface area contributed by atoms with Crippen LogP contribution in [0.15, 0.2) is 0 Å². The summed E-state index contributed by atoms with van der Waals surface area (Å²) in [5.74, 6) is 2.37. The van der Waals surface area contributed by atoms with E-state index in [1.807, 2.05) is 11.8 Å². The second-order valence-electron chi connectivity index (χ2n) is 4.05. The molecule has 2 aliphatic rings. The molecule has 2 rings (SSSR count). The molecule has 2 N–H and O–H groups in total. The summed E-state index contributed by atoms with van der Waals surface area (Å²) in [6, 6.07) is 0. The van der Waals surface area contributed by atoms with Crippen molar-refractivity contribution in [3.8, 4) is 0 Å². The Labute approximate surface area is 84.0 Å². The normalized spacial score (nSPS) is 36.7. The van der Waals surface area contributed by atoms with Gasteiger partial charge in [0.25, 0.3) is 0 Å². The molecule has 0 aromatic heterocycles. The van der Waals surface area contributed by atoms with E-state index in [4.69, 9.17) is 10.5 Å². The highest BCUT2D eigenvalue weighted by Crippen LogP contribution is 2.26. The molecule has 0 radical (unpaired) electrons. The van der Waals surface area contributed by atoms with Crippen LogP contribution >= 0.6 is 11.8 Å². The van der Waals surface area contributed by atoms with Gasteiger partial charge in [-0.2, -0.15) is 11.8 Å². The zero-order chi connectivity index (χ0) is 9.15. The Hall–Kier alpha value is 0.230. The molecule has 1 atom stereocenters. The topological polar surface area (TPSA) is 38.5 Å². The van der Waals surface area contributed by atoms with E-state index < -0.39 is 0 Å². The first-order valence-corrected chi connectivity index (χ1v) is 6.11. The van der Waals surface area contributed by atoms with Gasteiger partial charge in [0.1, 0.15) is 0 Å². The standard InChI is InChI=1S/C9H18N2OS/c10-9(1-6-13-8-9)7-11-2-4-12-5-3-11/h1-8,10H2. The van der Waals surface area contributed by atoms with E-state index in [1.165, 1.54) is 12.2 Å². The Morgan fingerprint density at radius 1 is 1.38 bits per heavy atom. The van der Waals surface area contributed by atoms with Gasteiger partial charge in [-0.3, -0.25) is 4.90 Å². The average Bonchev–Trinajstić information content (AvgIpc) is 2.54. The van der Waals surface area contributed by atoms with Crippen molar-refractivity contribution in [2.45, 2.75) is 12.0 Å². The second-order valence-corrected chi connectivity index (χ2v) is 5.16. The summed E-state index contributed by atoms with van der Waals surface area (Å²) in [4.78, 5) is 2.44. The van der Waals surface area contributed by atoms with Crippen LogP contribution in [0.5, 0.6) is 0 Å². The third kappa shape index (κ3) is 2.59.